The Labute approximate surface area is 142 Å². The van der Waals surface area contributed by atoms with Crippen LogP contribution in [0.2, 0.25) is 0 Å². The first-order valence-electron chi connectivity index (χ1n) is 8.66. The molecule has 2 heterocycles. The minimum Gasteiger partial charge on any atom is -0.313 e. The quantitative estimate of drug-likeness (QED) is 0.402. The standard InChI is InChI=1S/C15H30O6P2/c1-3-5-6-7-8-9-10-17-23-20-13-15(14-21-23)11-18-22(16-4-2)19-12-15/h3-14H2,1-2H3. The summed E-state index contributed by atoms with van der Waals surface area (Å²) in [4.78, 5) is 0. The molecule has 0 N–H and O–H groups in total. The molecule has 0 atom stereocenters. The third-order valence-corrected chi connectivity index (χ3v) is 6.06. The van der Waals surface area contributed by atoms with E-state index in [-0.39, 0.29) is 5.41 Å². The normalized spacial score (nSPS) is 31.6. The van der Waals surface area contributed by atoms with Crippen molar-refractivity contribution >= 4 is 17.2 Å². The maximum absolute atomic E-state index is 5.74. The zero-order chi connectivity index (χ0) is 16.4. The highest BCUT2D eigenvalue weighted by atomic mass is 31.2. The van der Waals surface area contributed by atoms with E-state index >= 15 is 0 Å². The highest BCUT2D eigenvalue weighted by Gasteiger charge is 2.43. The summed E-state index contributed by atoms with van der Waals surface area (Å²) in [5.74, 6) is 0. The van der Waals surface area contributed by atoms with Crippen molar-refractivity contribution in [3.8, 4) is 0 Å². The molecule has 0 bridgehead atoms. The van der Waals surface area contributed by atoms with Gasteiger partial charge in [-0.15, -0.1) is 0 Å². The predicted octanol–water partition coefficient (Wildman–Crippen LogP) is 4.93. The van der Waals surface area contributed by atoms with Crippen molar-refractivity contribution in [1.29, 1.82) is 0 Å². The molecular weight excluding hydrogens is 338 g/mol. The molecular formula is C15H30O6P2. The molecule has 2 saturated heterocycles. The molecule has 8 heteroatoms. The fourth-order valence-corrected chi connectivity index (χ4v) is 4.81. The van der Waals surface area contributed by atoms with E-state index in [4.69, 9.17) is 27.1 Å². The number of hydrogen-bond acceptors (Lipinski definition) is 6. The molecule has 2 aliphatic rings. The van der Waals surface area contributed by atoms with Gasteiger partial charge in [-0.1, -0.05) is 39.0 Å². The van der Waals surface area contributed by atoms with E-state index in [0.717, 1.165) is 6.42 Å². The SMILES string of the molecule is CCCCCCCCOP1OCC2(COP(OCC)OC2)CO1. The van der Waals surface area contributed by atoms with Crippen LogP contribution in [0.4, 0.5) is 0 Å². The third-order valence-electron chi connectivity index (χ3n) is 3.83. The first-order valence-corrected chi connectivity index (χ1v) is 10.8. The van der Waals surface area contributed by atoms with Gasteiger partial charge in [-0.2, -0.15) is 0 Å². The summed E-state index contributed by atoms with van der Waals surface area (Å²) in [6.45, 7) is 7.71. The molecule has 2 rings (SSSR count). The van der Waals surface area contributed by atoms with Crippen LogP contribution in [0.3, 0.4) is 0 Å². The molecule has 0 radical (unpaired) electrons. The highest BCUT2D eigenvalue weighted by molar-refractivity contribution is 7.42. The fourth-order valence-electron chi connectivity index (χ4n) is 2.36. The Balaban J connectivity index is 1.52. The Morgan fingerprint density at radius 3 is 1.83 bits per heavy atom. The number of unbranched alkanes of at least 4 members (excludes halogenated alkanes) is 5. The van der Waals surface area contributed by atoms with Crippen LogP contribution in [0.15, 0.2) is 0 Å². The van der Waals surface area contributed by atoms with Crippen LogP contribution in [0.5, 0.6) is 0 Å². The Morgan fingerprint density at radius 1 is 0.739 bits per heavy atom. The van der Waals surface area contributed by atoms with Crippen molar-refractivity contribution in [2.45, 2.75) is 52.4 Å². The van der Waals surface area contributed by atoms with Gasteiger partial charge < -0.3 is 27.1 Å². The van der Waals surface area contributed by atoms with Crippen molar-refractivity contribution in [1.82, 2.24) is 0 Å². The molecule has 0 unspecified atom stereocenters. The Hall–Kier alpha value is 0.620. The third kappa shape index (κ3) is 7.17. The molecule has 1 spiro atoms. The second-order valence-electron chi connectivity index (χ2n) is 6.06. The lowest BCUT2D eigenvalue weighted by Crippen LogP contribution is -2.44. The maximum Gasteiger partial charge on any atom is 0.332 e. The molecule has 2 aliphatic heterocycles. The van der Waals surface area contributed by atoms with E-state index in [9.17, 15) is 0 Å². The smallest absolute Gasteiger partial charge is 0.313 e. The molecule has 6 nitrogen and oxygen atoms in total. The number of rotatable bonds is 10. The lowest BCUT2D eigenvalue weighted by atomic mass is 9.93. The van der Waals surface area contributed by atoms with Crippen LogP contribution < -0.4 is 0 Å². The molecule has 0 aromatic rings. The van der Waals surface area contributed by atoms with Crippen LogP contribution >= 0.6 is 17.2 Å². The molecule has 2 fully saturated rings. The van der Waals surface area contributed by atoms with Gasteiger partial charge in [0.1, 0.15) is 0 Å². The first kappa shape index (κ1) is 19.9. The Morgan fingerprint density at radius 2 is 1.26 bits per heavy atom. The van der Waals surface area contributed by atoms with E-state index in [1.165, 1.54) is 32.1 Å². The highest BCUT2D eigenvalue weighted by Crippen LogP contribution is 2.52. The molecule has 0 aliphatic carbocycles. The lowest BCUT2D eigenvalue weighted by Gasteiger charge is -2.41. The van der Waals surface area contributed by atoms with Crippen LogP contribution in [0, 0.1) is 5.41 Å². The van der Waals surface area contributed by atoms with Crippen LogP contribution in [-0.2, 0) is 27.1 Å². The monoisotopic (exact) mass is 368 g/mol. The van der Waals surface area contributed by atoms with Gasteiger partial charge in [0, 0.05) is 0 Å². The van der Waals surface area contributed by atoms with Crippen molar-refractivity contribution in [2.24, 2.45) is 5.41 Å². The van der Waals surface area contributed by atoms with Gasteiger partial charge in [0.25, 0.3) is 0 Å². The summed E-state index contributed by atoms with van der Waals surface area (Å²) in [7, 11) is -2.39. The molecule has 23 heavy (non-hydrogen) atoms. The van der Waals surface area contributed by atoms with Crippen LogP contribution in [0.25, 0.3) is 0 Å². The first-order chi connectivity index (χ1) is 11.3. The van der Waals surface area contributed by atoms with E-state index in [2.05, 4.69) is 6.92 Å². The summed E-state index contributed by atoms with van der Waals surface area (Å²) < 4.78 is 33.8. The van der Waals surface area contributed by atoms with Gasteiger partial charge in [0.2, 0.25) is 0 Å². The van der Waals surface area contributed by atoms with Gasteiger partial charge >= 0.3 is 17.2 Å². The zero-order valence-corrected chi connectivity index (χ0v) is 16.1. The predicted molar refractivity (Wildman–Crippen MR) is 91.0 cm³/mol. The fraction of sp³-hybridized carbons (Fsp3) is 1.00. The zero-order valence-electron chi connectivity index (χ0n) is 14.3. The van der Waals surface area contributed by atoms with Crippen molar-refractivity contribution in [3.63, 3.8) is 0 Å². The Bertz CT molecular complexity index is 302. The second-order valence-corrected chi connectivity index (χ2v) is 8.50. The summed E-state index contributed by atoms with van der Waals surface area (Å²) in [6.07, 6.45) is 7.52. The average Bonchev–Trinajstić information content (AvgIpc) is 2.58. The van der Waals surface area contributed by atoms with Crippen molar-refractivity contribution in [3.05, 3.63) is 0 Å². The van der Waals surface area contributed by atoms with Crippen molar-refractivity contribution in [2.75, 3.05) is 39.6 Å². The summed E-state index contributed by atoms with van der Waals surface area (Å²) in [6, 6.07) is 0. The largest absolute Gasteiger partial charge is 0.332 e. The minimum atomic E-state index is -1.20. The van der Waals surface area contributed by atoms with Gasteiger partial charge in [-0.25, -0.2) is 0 Å². The molecule has 136 valence electrons. The second kappa shape index (κ2) is 11.3. The van der Waals surface area contributed by atoms with E-state index in [1.54, 1.807) is 0 Å². The van der Waals surface area contributed by atoms with Gasteiger partial charge in [0.15, 0.2) is 0 Å². The van der Waals surface area contributed by atoms with Crippen molar-refractivity contribution < 1.29 is 27.1 Å². The lowest BCUT2D eigenvalue weighted by molar-refractivity contribution is -0.0757. The molecule has 0 aromatic carbocycles. The van der Waals surface area contributed by atoms with Crippen LogP contribution in [-0.4, -0.2) is 39.6 Å². The topological polar surface area (TPSA) is 55.4 Å². The molecule has 0 aromatic heterocycles. The summed E-state index contributed by atoms with van der Waals surface area (Å²) in [5.41, 5.74) is -0.210. The summed E-state index contributed by atoms with van der Waals surface area (Å²) >= 11 is 0. The van der Waals surface area contributed by atoms with Gasteiger partial charge in [0.05, 0.1) is 45.1 Å². The average molecular weight is 368 g/mol. The van der Waals surface area contributed by atoms with E-state index < -0.39 is 17.2 Å². The van der Waals surface area contributed by atoms with E-state index in [0.29, 0.717) is 39.6 Å². The summed E-state index contributed by atoms with van der Waals surface area (Å²) in [5, 5.41) is 0. The van der Waals surface area contributed by atoms with Gasteiger partial charge in [-0.3, -0.25) is 0 Å². The van der Waals surface area contributed by atoms with E-state index in [1.807, 2.05) is 6.92 Å². The molecule has 0 saturated carbocycles. The maximum atomic E-state index is 5.74. The minimum absolute atomic E-state index is 0.210. The van der Waals surface area contributed by atoms with Crippen LogP contribution in [0.1, 0.15) is 52.4 Å². The Kier molecular flexibility index (Phi) is 9.78. The van der Waals surface area contributed by atoms with Gasteiger partial charge in [-0.05, 0) is 13.3 Å². The number of hydrogen-bond donors (Lipinski definition) is 0. The molecule has 0 amide bonds.